The predicted octanol–water partition coefficient (Wildman–Crippen LogP) is 2.99. The zero-order valence-corrected chi connectivity index (χ0v) is 19.7. The molecule has 0 bridgehead atoms. The Bertz CT molecular complexity index is 603. The summed E-state index contributed by atoms with van der Waals surface area (Å²) in [6.07, 6.45) is 4.01. The maximum absolute atomic E-state index is 11.2. The van der Waals surface area contributed by atoms with Crippen molar-refractivity contribution in [3.8, 4) is 0 Å². The Labute approximate surface area is 190 Å². The summed E-state index contributed by atoms with van der Waals surface area (Å²) in [5.74, 6) is 0.768. The first kappa shape index (κ1) is 25.0. The van der Waals surface area contributed by atoms with Crippen LogP contribution in [0.4, 0.5) is 0 Å². The van der Waals surface area contributed by atoms with Gasteiger partial charge in [0.15, 0.2) is 5.96 Å². The number of likely N-dealkylation sites (tertiary alicyclic amines) is 1. The van der Waals surface area contributed by atoms with E-state index in [0.29, 0.717) is 6.54 Å². The van der Waals surface area contributed by atoms with Gasteiger partial charge in [0.2, 0.25) is 5.91 Å². The van der Waals surface area contributed by atoms with E-state index in [9.17, 15) is 4.79 Å². The Kier molecular flexibility index (Phi) is 12.5. The highest BCUT2D eigenvalue weighted by atomic mass is 127. The Morgan fingerprint density at radius 1 is 1.21 bits per heavy atom. The smallest absolute Gasteiger partial charge is 0.220 e. The number of hydrogen-bond donors (Lipinski definition) is 3. The standard InChI is InChI=1S/C20H32ClN5O.HI/c1-2-23-20(25-15-16-5-7-18(21)8-6-16)24-11-3-4-12-26-13-9-17(10-14-26)19(22)27;/h5-8,17H,2-4,9-15H2,1H3,(H2,22,27)(H2,23,24,25);1H. The second-order valence-electron chi connectivity index (χ2n) is 6.97. The van der Waals surface area contributed by atoms with E-state index < -0.39 is 0 Å². The second-order valence-corrected chi connectivity index (χ2v) is 7.41. The fraction of sp³-hybridized carbons (Fsp3) is 0.600. The van der Waals surface area contributed by atoms with Gasteiger partial charge in [0.25, 0.3) is 0 Å². The number of halogens is 2. The molecule has 0 radical (unpaired) electrons. The molecule has 1 aliphatic heterocycles. The number of primary amides is 1. The minimum absolute atomic E-state index is 0. The van der Waals surface area contributed by atoms with Gasteiger partial charge >= 0.3 is 0 Å². The van der Waals surface area contributed by atoms with Crippen LogP contribution in [0.3, 0.4) is 0 Å². The number of nitrogens with two attached hydrogens (primary N) is 1. The average molecular weight is 522 g/mol. The normalized spacial score (nSPS) is 15.7. The van der Waals surface area contributed by atoms with Gasteiger partial charge in [-0.3, -0.25) is 4.79 Å². The van der Waals surface area contributed by atoms with E-state index >= 15 is 0 Å². The highest BCUT2D eigenvalue weighted by Gasteiger charge is 2.22. The molecule has 1 heterocycles. The van der Waals surface area contributed by atoms with E-state index in [-0.39, 0.29) is 35.8 Å². The molecule has 2 rings (SSSR count). The molecule has 0 unspecified atom stereocenters. The molecule has 1 aromatic carbocycles. The van der Waals surface area contributed by atoms with Crippen LogP contribution in [-0.4, -0.2) is 49.5 Å². The monoisotopic (exact) mass is 521 g/mol. The lowest BCUT2D eigenvalue weighted by Crippen LogP contribution is -2.39. The fourth-order valence-corrected chi connectivity index (χ4v) is 3.34. The van der Waals surface area contributed by atoms with Crippen molar-refractivity contribution < 1.29 is 4.79 Å². The summed E-state index contributed by atoms with van der Waals surface area (Å²) >= 11 is 5.91. The van der Waals surface area contributed by atoms with Gasteiger partial charge in [-0.15, -0.1) is 24.0 Å². The highest BCUT2D eigenvalue weighted by molar-refractivity contribution is 14.0. The number of benzene rings is 1. The number of carbonyl (C=O) groups is 1. The zero-order valence-electron chi connectivity index (χ0n) is 16.6. The van der Waals surface area contributed by atoms with Crippen LogP contribution in [0.5, 0.6) is 0 Å². The number of nitrogens with zero attached hydrogens (tertiary/aromatic N) is 2. The van der Waals surface area contributed by atoms with Crippen molar-refractivity contribution in [1.29, 1.82) is 0 Å². The van der Waals surface area contributed by atoms with Crippen molar-refractivity contribution in [2.45, 2.75) is 39.2 Å². The number of carbonyl (C=O) groups excluding carboxylic acids is 1. The third-order valence-corrected chi connectivity index (χ3v) is 5.11. The first-order valence-corrected chi connectivity index (χ1v) is 10.2. The number of aliphatic imine (C=N–C) groups is 1. The van der Waals surface area contributed by atoms with Crippen molar-refractivity contribution in [3.05, 3.63) is 34.9 Å². The minimum Gasteiger partial charge on any atom is -0.369 e. The molecule has 0 aromatic heterocycles. The minimum atomic E-state index is -0.146. The van der Waals surface area contributed by atoms with Crippen LogP contribution in [0.25, 0.3) is 0 Å². The van der Waals surface area contributed by atoms with Gasteiger partial charge in [-0.25, -0.2) is 4.99 Å². The number of unbranched alkanes of at least 4 members (excludes halogenated alkanes) is 1. The topological polar surface area (TPSA) is 82.8 Å². The summed E-state index contributed by atoms with van der Waals surface area (Å²) in [5, 5.41) is 7.42. The maximum Gasteiger partial charge on any atom is 0.220 e. The molecule has 1 aliphatic rings. The molecule has 1 fully saturated rings. The van der Waals surface area contributed by atoms with E-state index in [2.05, 4.69) is 27.4 Å². The van der Waals surface area contributed by atoms with Gasteiger partial charge in [-0.05, 0) is 69.9 Å². The van der Waals surface area contributed by atoms with Crippen LogP contribution in [0.15, 0.2) is 29.3 Å². The maximum atomic E-state index is 11.2. The summed E-state index contributed by atoms with van der Waals surface area (Å²) in [6, 6.07) is 7.77. The van der Waals surface area contributed by atoms with Crippen LogP contribution in [0, 0.1) is 5.92 Å². The first-order valence-electron chi connectivity index (χ1n) is 9.86. The van der Waals surface area contributed by atoms with Crippen LogP contribution < -0.4 is 16.4 Å². The van der Waals surface area contributed by atoms with Crippen LogP contribution >= 0.6 is 35.6 Å². The van der Waals surface area contributed by atoms with Gasteiger partial charge in [0, 0.05) is 24.0 Å². The Morgan fingerprint density at radius 2 is 1.89 bits per heavy atom. The molecule has 6 nitrogen and oxygen atoms in total. The van der Waals surface area contributed by atoms with E-state index in [4.69, 9.17) is 17.3 Å². The molecule has 1 aromatic rings. The lowest BCUT2D eigenvalue weighted by Gasteiger charge is -2.30. The number of nitrogens with one attached hydrogen (secondary N) is 2. The number of hydrogen-bond acceptors (Lipinski definition) is 3. The van der Waals surface area contributed by atoms with Crippen LogP contribution in [0.2, 0.25) is 5.02 Å². The second kappa shape index (κ2) is 14.0. The number of amides is 1. The van der Waals surface area contributed by atoms with E-state index in [1.807, 2.05) is 24.3 Å². The Balaban J connectivity index is 0.00000392. The first-order chi connectivity index (χ1) is 13.1. The summed E-state index contributed by atoms with van der Waals surface area (Å²) in [6.45, 7) is 7.45. The molecule has 8 heteroatoms. The molecule has 0 atom stereocenters. The summed E-state index contributed by atoms with van der Waals surface area (Å²) in [5.41, 5.74) is 6.52. The van der Waals surface area contributed by atoms with Gasteiger partial charge in [-0.1, -0.05) is 23.7 Å². The van der Waals surface area contributed by atoms with Gasteiger partial charge in [-0.2, -0.15) is 0 Å². The van der Waals surface area contributed by atoms with E-state index in [1.165, 1.54) is 0 Å². The highest BCUT2D eigenvalue weighted by Crippen LogP contribution is 2.16. The third kappa shape index (κ3) is 9.43. The molecule has 4 N–H and O–H groups in total. The van der Waals surface area contributed by atoms with Gasteiger partial charge < -0.3 is 21.3 Å². The van der Waals surface area contributed by atoms with Crippen molar-refractivity contribution in [2.24, 2.45) is 16.6 Å². The predicted molar refractivity (Wildman–Crippen MR) is 127 cm³/mol. The fourth-order valence-electron chi connectivity index (χ4n) is 3.21. The number of piperidine rings is 1. The summed E-state index contributed by atoms with van der Waals surface area (Å²) in [4.78, 5) is 18.3. The van der Waals surface area contributed by atoms with Crippen molar-refractivity contribution in [3.63, 3.8) is 0 Å². The molecule has 0 saturated carbocycles. The van der Waals surface area contributed by atoms with Gasteiger partial charge in [0.1, 0.15) is 0 Å². The molecule has 0 aliphatic carbocycles. The lowest BCUT2D eigenvalue weighted by atomic mass is 9.96. The Hall–Kier alpha value is -1.06. The van der Waals surface area contributed by atoms with E-state index in [1.54, 1.807) is 0 Å². The quantitative estimate of drug-likeness (QED) is 0.202. The molecule has 1 amide bonds. The number of guanidine groups is 1. The van der Waals surface area contributed by atoms with Crippen molar-refractivity contribution in [1.82, 2.24) is 15.5 Å². The van der Waals surface area contributed by atoms with Crippen molar-refractivity contribution in [2.75, 3.05) is 32.7 Å². The number of rotatable bonds is 9. The molecular formula is C20H33ClIN5O. The van der Waals surface area contributed by atoms with E-state index in [0.717, 1.165) is 75.0 Å². The molecular weight excluding hydrogens is 489 g/mol. The average Bonchev–Trinajstić information content (AvgIpc) is 2.67. The van der Waals surface area contributed by atoms with Crippen LogP contribution in [0.1, 0.15) is 38.2 Å². The largest absolute Gasteiger partial charge is 0.369 e. The Morgan fingerprint density at radius 3 is 2.50 bits per heavy atom. The lowest BCUT2D eigenvalue weighted by molar-refractivity contribution is -0.123. The SMILES string of the molecule is CCNC(=NCc1ccc(Cl)cc1)NCCCCN1CCC(C(N)=O)CC1.I. The van der Waals surface area contributed by atoms with Crippen molar-refractivity contribution >= 4 is 47.4 Å². The molecule has 28 heavy (non-hydrogen) atoms. The van der Waals surface area contributed by atoms with Crippen LogP contribution in [-0.2, 0) is 11.3 Å². The molecule has 1 saturated heterocycles. The van der Waals surface area contributed by atoms with Gasteiger partial charge in [0.05, 0.1) is 6.54 Å². The molecule has 0 spiro atoms. The third-order valence-electron chi connectivity index (χ3n) is 4.86. The summed E-state index contributed by atoms with van der Waals surface area (Å²) in [7, 11) is 0. The summed E-state index contributed by atoms with van der Waals surface area (Å²) < 4.78 is 0. The molecule has 158 valence electrons. The zero-order chi connectivity index (χ0) is 19.5.